The van der Waals surface area contributed by atoms with Crippen LogP contribution in [0.2, 0.25) is 0 Å². The number of fused-ring (bicyclic) bond motifs is 1. The summed E-state index contributed by atoms with van der Waals surface area (Å²) in [5.74, 6) is 1.14. The van der Waals surface area contributed by atoms with Gasteiger partial charge in [0.25, 0.3) is 0 Å². The maximum atomic E-state index is 12.6. The maximum Gasteiger partial charge on any atom is 0.228 e. The second kappa shape index (κ2) is 10.6. The highest BCUT2D eigenvalue weighted by Crippen LogP contribution is 2.33. The molecule has 1 amide bonds. The van der Waals surface area contributed by atoms with E-state index in [9.17, 15) is 4.79 Å². The molecule has 4 heterocycles. The molecule has 1 aromatic carbocycles. The Hall–Kier alpha value is -3.24. The molecule has 186 valence electrons. The highest BCUT2D eigenvalue weighted by atomic mass is 16.5. The lowest BCUT2D eigenvalue weighted by molar-refractivity contribution is -0.125. The molecule has 35 heavy (non-hydrogen) atoms. The molecule has 0 aliphatic carbocycles. The van der Waals surface area contributed by atoms with E-state index in [2.05, 4.69) is 10.2 Å². The summed E-state index contributed by atoms with van der Waals surface area (Å²) in [6, 6.07) is 7.77. The first-order chi connectivity index (χ1) is 17.2. The number of piperidine rings is 1. The van der Waals surface area contributed by atoms with E-state index in [0.717, 1.165) is 73.4 Å². The molecule has 0 bridgehead atoms. The standard InChI is InChI=1S/C25H32N6O4/c1-34-19-9-7-17(8-10-19)21-22-23(31(16-27-22)20-6-2-3-14-35-20)29-25(28-21)30-12-4-5-18(15-30)24(33)26-11-13-32/h7-10,16,18,20,32H,2-6,11-15H2,1H3,(H,26,33). The molecule has 2 unspecified atom stereocenters. The van der Waals surface area contributed by atoms with E-state index in [1.54, 1.807) is 13.4 Å². The third kappa shape index (κ3) is 4.94. The van der Waals surface area contributed by atoms with Crippen LogP contribution in [0.4, 0.5) is 5.95 Å². The molecule has 5 rings (SSSR count). The van der Waals surface area contributed by atoms with Gasteiger partial charge in [0.15, 0.2) is 5.65 Å². The van der Waals surface area contributed by atoms with Crippen LogP contribution in [-0.4, -0.2) is 70.5 Å². The van der Waals surface area contributed by atoms with Crippen LogP contribution in [-0.2, 0) is 9.53 Å². The van der Waals surface area contributed by atoms with Crippen molar-refractivity contribution >= 4 is 23.0 Å². The minimum Gasteiger partial charge on any atom is -0.497 e. The fraction of sp³-hybridized carbons (Fsp3) is 0.520. The number of rotatable bonds is 7. The number of ether oxygens (including phenoxy) is 2. The number of aliphatic hydroxyl groups excluding tert-OH is 1. The van der Waals surface area contributed by atoms with Gasteiger partial charge in [0.2, 0.25) is 11.9 Å². The third-order valence-corrected chi connectivity index (χ3v) is 6.73. The summed E-state index contributed by atoms with van der Waals surface area (Å²) >= 11 is 0. The zero-order valence-electron chi connectivity index (χ0n) is 20.0. The lowest BCUT2D eigenvalue weighted by atomic mass is 9.97. The zero-order chi connectivity index (χ0) is 24.2. The number of imidazole rings is 1. The molecule has 2 aliphatic heterocycles. The van der Waals surface area contributed by atoms with Gasteiger partial charge < -0.3 is 24.8 Å². The maximum absolute atomic E-state index is 12.6. The van der Waals surface area contributed by atoms with Crippen LogP contribution in [0.5, 0.6) is 5.75 Å². The molecule has 2 N–H and O–H groups in total. The van der Waals surface area contributed by atoms with Crippen molar-refractivity contribution in [2.24, 2.45) is 5.92 Å². The highest BCUT2D eigenvalue weighted by molar-refractivity contribution is 5.88. The molecule has 0 saturated carbocycles. The van der Waals surface area contributed by atoms with Crippen LogP contribution >= 0.6 is 0 Å². The molecule has 2 saturated heterocycles. The van der Waals surface area contributed by atoms with Crippen LogP contribution in [0.25, 0.3) is 22.4 Å². The first-order valence-corrected chi connectivity index (χ1v) is 12.3. The summed E-state index contributed by atoms with van der Waals surface area (Å²) in [6.45, 7) is 2.22. The number of nitrogens with one attached hydrogen (secondary N) is 1. The van der Waals surface area contributed by atoms with Crippen molar-refractivity contribution in [1.82, 2.24) is 24.8 Å². The fourth-order valence-corrected chi connectivity index (χ4v) is 4.85. The van der Waals surface area contributed by atoms with Crippen molar-refractivity contribution in [3.05, 3.63) is 30.6 Å². The monoisotopic (exact) mass is 480 g/mol. The number of hydrogen-bond acceptors (Lipinski definition) is 8. The Morgan fingerprint density at radius 3 is 2.80 bits per heavy atom. The first-order valence-electron chi connectivity index (χ1n) is 12.3. The third-order valence-electron chi connectivity index (χ3n) is 6.73. The van der Waals surface area contributed by atoms with Gasteiger partial charge in [-0.05, 0) is 56.4 Å². The summed E-state index contributed by atoms with van der Waals surface area (Å²) < 4.78 is 13.4. The summed E-state index contributed by atoms with van der Waals surface area (Å²) in [5, 5.41) is 11.9. The highest BCUT2D eigenvalue weighted by Gasteiger charge is 2.29. The summed E-state index contributed by atoms with van der Waals surface area (Å²) in [5.41, 5.74) is 3.12. The zero-order valence-corrected chi connectivity index (χ0v) is 20.0. The van der Waals surface area contributed by atoms with E-state index in [1.807, 2.05) is 28.8 Å². The predicted octanol–water partition coefficient (Wildman–Crippen LogP) is 2.53. The number of carbonyl (C=O) groups is 1. The van der Waals surface area contributed by atoms with Gasteiger partial charge in [0, 0.05) is 31.8 Å². The smallest absolute Gasteiger partial charge is 0.228 e. The molecule has 10 heteroatoms. The average molecular weight is 481 g/mol. The van der Waals surface area contributed by atoms with E-state index in [-0.39, 0.29) is 31.2 Å². The Bertz CT molecular complexity index is 1160. The Kier molecular flexibility index (Phi) is 7.10. The number of amides is 1. The van der Waals surface area contributed by atoms with Gasteiger partial charge >= 0.3 is 0 Å². The number of anilines is 1. The summed E-state index contributed by atoms with van der Waals surface area (Å²) in [4.78, 5) is 29.3. The van der Waals surface area contributed by atoms with Crippen molar-refractivity contribution in [3.8, 4) is 17.0 Å². The number of carbonyl (C=O) groups excluding carboxylic acids is 1. The van der Waals surface area contributed by atoms with Crippen molar-refractivity contribution in [2.75, 3.05) is 44.9 Å². The quantitative estimate of drug-likeness (QED) is 0.530. The van der Waals surface area contributed by atoms with Crippen molar-refractivity contribution in [3.63, 3.8) is 0 Å². The Balaban J connectivity index is 1.54. The minimum atomic E-state index is -0.175. The lowest BCUT2D eigenvalue weighted by Gasteiger charge is -2.32. The van der Waals surface area contributed by atoms with E-state index in [1.165, 1.54) is 0 Å². The Morgan fingerprint density at radius 1 is 1.20 bits per heavy atom. The number of methoxy groups -OCH3 is 1. The summed E-state index contributed by atoms with van der Waals surface area (Å²) in [6.07, 6.45) is 6.45. The van der Waals surface area contributed by atoms with Gasteiger partial charge in [-0.2, -0.15) is 4.98 Å². The average Bonchev–Trinajstić information content (AvgIpc) is 3.36. The minimum absolute atomic E-state index is 0.0409. The van der Waals surface area contributed by atoms with Gasteiger partial charge in [0.05, 0.1) is 26.0 Å². The molecular weight excluding hydrogens is 448 g/mol. The second-order valence-corrected chi connectivity index (χ2v) is 9.05. The molecule has 0 spiro atoms. The van der Waals surface area contributed by atoms with E-state index in [4.69, 9.17) is 29.5 Å². The van der Waals surface area contributed by atoms with Crippen LogP contribution in [0.3, 0.4) is 0 Å². The first kappa shape index (κ1) is 23.5. The van der Waals surface area contributed by atoms with Crippen molar-refractivity contribution < 1.29 is 19.4 Å². The largest absolute Gasteiger partial charge is 0.497 e. The van der Waals surface area contributed by atoms with Gasteiger partial charge in [-0.3, -0.25) is 9.36 Å². The van der Waals surface area contributed by atoms with E-state index >= 15 is 0 Å². The molecular formula is C25H32N6O4. The van der Waals surface area contributed by atoms with Crippen molar-refractivity contribution in [2.45, 2.75) is 38.3 Å². The fourth-order valence-electron chi connectivity index (χ4n) is 4.85. The van der Waals surface area contributed by atoms with Crippen LogP contribution < -0.4 is 15.0 Å². The number of benzene rings is 1. The van der Waals surface area contributed by atoms with E-state index in [0.29, 0.717) is 12.5 Å². The van der Waals surface area contributed by atoms with Crippen LogP contribution in [0, 0.1) is 5.92 Å². The molecule has 2 aliphatic rings. The SMILES string of the molecule is COc1ccc(-c2nc(N3CCCC(C(=O)NCCO)C3)nc3c2ncn3C2CCCCO2)cc1. The predicted molar refractivity (Wildman–Crippen MR) is 131 cm³/mol. The molecule has 3 aromatic rings. The van der Waals surface area contributed by atoms with Gasteiger partial charge in [-0.15, -0.1) is 0 Å². The normalized spacial score (nSPS) is 20.7. The number of aliphatic hydroxyl groups is 1. The number of hydrogen-bond donors (Lipinski definition) is 2. The van der Waals surface area contributed by atoms with Crippen LogP contribution in [0.15, 0.2) is 30.6 Å². The van der Waals surface area contributed by atoms with Gasteiger partial charge in [0.1, 0.15) is 23.2 Å². The van der Waals surface area contributed by atoms with Crippen molar-refractivity contribution in [1.29, 1.82) is 0 Å². The molecule has 2 atom stereocenters. The van der Waals surface area contributed by atoms with Gasteiger partial charge in [-0.25, -0.2) is 9.97 Å². The topological polar surface area (TPSA) is 115 Å². The Morgan fingerprint density at radius 2 is 2.06 bits per heavy atom. The number of aromatic nitrogens is 4. The Labute approximate surface area is 204 Å². The lowest BCUT2D eigenvalue weighted by Crippen LogP contribution is -2.44. The molecule has 0 radical (unpaired) electrons. The molecule has 2 fully saturated rings. The summed E-state index contributed by atoms with van der Waals surface area (Å²) in [7, 11) is 1.64. The van der Waals surface area contributed by atoms with Gasteiger partial charge in [-0.1, -0.05) is 0 Å². The molecule has 10 nitrogen and oxygen atoms in total. The molecule has 2 aromatic heterocycles. The second-order valence-electron chi connectivity index (χ2n) is 9.05. The van der Waals surface area contributed by atoms with E-state index < -0.39 is 0 Å². The number of nitrogens with zero attached hydrogens (tertiary/aromatic N) is 5. The van der Waals surface area contributed by atoms with Crippen LogP contribution in [0.1, 0.15) is 38.3 Å².